The van der Waals surface area contributed by atoms with E-state index in [1.165, 1.54) is 19.9 Å². The molecule has 1 aliphatic rings. The standard InChI is InChI=1S/C13H21N3O2S/c1-3-10-5-4-8-16(10)11-6-7-13(12(14)9-11)19(17,18)15-2/h6-7,9-10,15H,3-5,8,14H2,1-2H3. The zero-order valence-corrected chi connectivity index (χ0v) is 12.2. The Kier molecular flexibility index (Phi) is 4.01. The third-order valence-corrected chi connectivity index (χ3v) is 5.22. The van der Waals surface area contributed by atoms with E-state index in [1.807, 2.05) is 6.07 Å². The van der Waals surface area contributed by atoms with Gasteiger partial charge in [-0.15, -0.1) is 0 Å². The summed E-state index contributed by atoms with van der Waals surface area (Å²) in [5.74, 6) is 0. The van der Waals surface area contributed by atoms with E-state index in [4.69, 9.17) is 5.73 Å². The molecule has 1 unspecified atom stereocenters. The molecular weight excluding hydrogens is 262 g/mol. The number of rotatable bonds is 4. The molecule has 5 nitrogen and oxygen atoms in total. The number of benzene rings is 1. The van der Waals surface area contributed by atoms with Gasteiger partial charge in [0.15, 0.2) is 0 Å². The molecule has 6 heteroatoms. The molecule has 0 aromatic heterocycles. The number of nitrogens with one attached hydrogen (secondary N) is 1. The minimum atomic E-state index is -3.48. The lowest BCUT2D eigenvalue weighted by atomic mass is 10.1. The molecular formula is C13H21N3O2S. The summed E-state index contributed by atoms with van der Waals surface area (Å²) in [7, 11) is -2.10. The molecule has 2 rings (SSSR count). The third kappa shape index (κ3) is 2.69. The van der Waals surface area contributed by atoms with E-state index in [0.29, 0.717) is 11.7 Å². The molecule has 106 valence electrons. The molecule has 1 fully saturated rings. The molecule has 0 saturated carbocycles. The highest BCUT2D eigenvalue weighted by molar-refractivity contribution is 7.89. The Balaban J connectivity index is 2.34. The van der Waals surface area contributed by atoms with Crippen LogP contribution in [0.1, 0.15) is 26.2 Å². The van der Waals surface area contributed by atoms with Crippen LogP contribution in [0.15, 0.2) is 23.1 Å². The maximum absolute atomic E-state index is 11.8. The highest BCUT2D eigenvalue weighted by Crippen LogP contribution is 2.30. The summed E-state index contributed by atoms with van der Waals surface area (Å²) in [5, 5.41) is 0. The lowest BCUT2D eigenvalue weighted by Gasteiger charge is -2.26. The predicted molar refractivity (Wildman–Crippen MR) is 77.8 cm³/mol. The fraction of sp³-hybridized carbons (Fsp3) is 0.538. The van der Waals surface area contributed by atoms with Crippen LogP contribution in [0, 0.1) is 0 Å². The number of nitrogen functional groups attached to an aromatic ring is 1. The highest BCUT2D eigenvalue weighted by Gasteiger charge is 2.24. The SMILES string of the molecule is CCC1CCCN1c1ccc(S(=O)(=O)NC)c(N)c1. The number of anilines is 2. The summed E-state index contributed by atoms with van der Waals surface area (Å²) < 4.78 is 25.8. The second-order valence-corrected chi connectivity index (χ2v) is 6.68. The minimum absolute atomic E-state index is 0.144. The molecule has 1 heterocycles. The van der Waals surface area contributed by atoms with Crippen LogP contribution in [-0.2, 0) is 10.0 Å². The van der Waals surface area contributed by atoms with Gasteiger partial charge in [0.1, 0.15) is 4.90 Å². The van der Waals surface area contributed by atoms with Crippen molar-refractivity contribution in [3.63, 3.8) is 0 Å². The summed E-state index contributed by atoms with van der Waals surface area (Å²) >= 11 is 0. The van der Waals surface area contributed by atoms with Gasteiger partial charge in [0, 0.05) is 18.3 Å². The van der Waals surface area contributed by atoms with E-state index < -0.39 is 10.0 Å². The second kappa shape index (κ2) is 5.38. The molecule has 0 radical (unpaired) electrons. The van der Waals surface area contributed by atoms with Gasteiger partial charge in [-0.1, -0.05) is 6.92 Å². The van der Waals surface area contributed by atoms with Gasteiger partial charge < -0.3 is 10.6 Å². The van der Waals surface area contributed by atoms with Gasteiger partial charge in [-0.05, 0) is 44.5 Å². The largest absolute Gasteiger partial charge is 0.398 e. The van der Waals surface area contributed by atoms with E-state index in [9.17, 15) is 8.42 Å². The zero-order chi connectivity index (χ0) is 14.0. The topological polar surface area (TPSA) is 75.4 Å². The fourth-order valence-electron chi connectivity index (χ4n) is 2.67. The summed E-state index contributed by atoms with van der Waals surface area (Å²) in [4.78, 5) is 2.46. The van der Waals surface area contributed by atoms with Crippen LogP contribution in [0.5, 0.6) is 0 Å². The lowest BCUT2D eigenvalue weighted by molar-refractivity contribution is 0.588. The molecule has 1 aliphatic heterocycles. The average molecular weight is 283 g/mol. The van der Waals surface area contributed by atoms with Gasteiger partial charge in [0.2, 0.25) is 10.0 Å². The van der Waals surface area contributed by atoms with Crippen molar-refractivity contribution in [3.05, 3.63) is 18.2 Å². The first-order chi connectivity index (χ1) is 8.99. The van der Waals surface area contributed by atoms with Crippen LogP contribution in [0.4, 0.5) is 11.4 Å². The van der Waals surface area contributed by atoms with Gasteiger partial charge in [-0.2, -0.15) is 0 Å². The van der Waals surface area contributed by atoms with E-state index in [-0.39, 0.29) is 4.90 Å². The lowest BCUT2D eigenvalue weighted by Crippen LogP contribution is -2.28. The van der Waals surface area contributed by atoms with Crippen molar-refractivity contribution in [2.45, 2.75) is 37.1 Å². The first-order valence-electron chi connectivity index (χ1n) is 6.59. The van der Waals surface area contributed by atoms with E-state index in [1.54, 1.807) is 12.1 Å². The summed E-state index contributed by atoms with van der Waals surface area (Å²) in [5.41, 5.74) is 7.20. The number of hydrogen-bond acceptors (Lipinski definition) is 4. The molecule has 0 aliphatic carbocycles. The summed E-state index contributed by atoms with van der Waals surface area (Å²) in [6.07, 6.45) is 3.46. The van der Waals surface area contributed by atoms with Crippen molar-refractivity contribution in [1.29, 1.82) is 0 Å². The summed E-state index contributed by atoms with van der Waals surface area (Å²) in [6.45, 7) is 3.18. The normalized spacial score (nSPS) is 19.9. The predicted octanol–water partition coefficient (Wildman–Crippen LogP) is 1.56. The van der Waals surface area contributed by atoms with Crippen LogP contribution in [0.3, 0.4) is 0 Å². The van der Waals surface area contributed by atoms with Crippen molar-refractivity contribution >= 4 is 21.4 Å². The van der Waals surface area contributed by atoms with Crippen molar-refractivity contribution in [1.82, 2.24) is 4.72 Å². The van der Waals surface area contributed by atoms with Crippen LogP contribution in [0.25, 0.3) is 0 Å². The van der Waals surface area contributed by atoms with Gasteiger partial charge >= 0.3 is 0 Å². The van der Waals surface area contributed by atoms with Gasteiger partial charge in [-0.3, -0.25) is 0 Å². The Morgan fingerprint density at radius 2 is 2.21 bits per heavy atom. The maximum Gasteiger partial charge on any atom is 0.242 e. The molecule has 1 atom stereocenters. The molecule has 0 bridgehead atoms. The number of sulfonamides is 1. The smallest absolute Gasteiger partial charge is 0.242 e. The Labute approximate surface area is 114 Å². The minimum Gasteiger partial charge on any atom is -0.398 e. The number of hydrogen-bond donors (Lipinski definition) is 2. The highest BCUT2D eigenvalue weighted by atomic mass is 32.2. The van der Waals surface area contributed by atoms with Crippen LogP contribution in [-0.4, -0.2) is 28.1 Å². The maximum atomic E-state index is 11.8. The van der Waals surface area contributed by atoms with Gasteiger partial charge in [-0.25, -0.2) is 13.1 Å². The van der Waals surface area contributed by atoms with Gasteiger partial charge in [0.05, 0.1) is 5.69 Å². The quantitative estimate of drug-likeness (QED) is 0.822. The van der Waals surface area contributed by atoms with Crippen molar-refractivity contribution in [3.8, 4) is 0 Å². The first-order valence-corrected chi connectivity index (χ1v) is 8.07. The third-order valence-electron chi connectivity index (χ3n) is 3.73. The molecule has 0 spiro atoms. The number of nitrogens with two attached hydrogens (primary N) is 1. The Morgan fingerprint density at radius 3 is 2.79 bits per heavy atom. The second-order valence-electron chi connectivity index (χ2n) is 4.83. The van der Waals surface area contributed by atoms with Crippen molar-refractivity contribution < 1.29 is 8.42 Å². The first kappa shape index (κ1) is 14.1. The Bertz CT molecular complexity index is 557. The van der Waals surface area contributed by atoms with E-state index >= 15 is 0 Å². The Hall–Kier alpha value is -1.27. The molecule has 3 N–H and O–H groups in total. The van der Waals surface area contributed by atoms with Crippen molar-refractivity contribution in [2.75, 3.05) is 24.2 Å². The number of nitrogens with zero attached hydrogens (tertiary/aromatic N) is 1. The molecule has 0 amide bonds. The van der Waals surface area contributed by atoms with Crippen LogP contribution >= 0.6 is 0 Å². The summed E-state index contributed by atoms with van der Waals surface area (Å²) in [6, 6.07) is 5.72. The molecule has 1 saturated heterocycles. The molecule has 19 heavy (non-hydrogen) atoms. The monoisotopic (exact) mass is 283 g/mol. The average Bonchev–Trinajstić information content (AvgIpc) is 2.86. The Morgan fingerprint density at radius 1 is 1.47 bits per heavy atom. The molecule has 1 aromatic carbocycles. The van der Waals surface area contributed by atoms with Crippen LogP contribution in [0.2, 0.25) is 0 Å². The fourth-order valence-corrected chi connectivity index (χ4v) is 3.51. The van der Waals surface area contributed by atoms with Gasteiger partial charge in [0.25, 0.3) is 0 Å². The van der Waals surface area contributed by atoms with Crippen LogP contribution < -0.4 is 15.4 Å². The van der Waals surface area contributed by atoms with E-state index in [0.717, 1.165) is 18.7 Å². The zero-order valence-electron chi connectivity index (χ0n) is 11.4. The molecule has 1 aromatic rings. The van der Waals surface area contributed by atoms with Crippen molar-refractivity contribution in [2.24, 2.45) is 0 Å². The van der Waals surface area contributed by atoms with E-state index in [2.05, 4.69) is 16.5 Å².